The van der Waals surface area contributed by atoms with Gasteiger partial charge in [0, 0.05) is 6.54 Å². The van der Waals surface area contributed by atoms with Crippen LogP contribution in [-0.2, 0) is 19.1 Å². The Bertz CT molecular complexity index is 387. The van der Waals surface area contributed by atoms with E-state index in [1.54, 1.807) is 0 Å². The van der Waals surface area contributed by atoms with Gasteiger partial charge < -0.3 is 5.32 Å². The van der Waals surface area contributed by atoms with E-state index in [4.69, 9.17) is 11.6 Å². The van der Waals surface area contributed by atoms with Crippen molar-refractivity contribution in [3.63, 3.8) is 0 Å². The van der Waals surface area contributed by atoms with Crippen LogP contribution in [0.4, 0.5) is 13.2 Å². The van der Waals surface area contributed by atoms with E-state index in [2.05, 4.69) is 5.32 Å². The van der Waals surface area contributed by atoms with E-state index >= 15 is 0 Å². The second-order valence-electron chi connectivity index (χ2n) is 3.49. The number of halogens is 4. The Balaban J connectivity index is 2.53. The van der Waals surface area contributed by atoms with Crippen molar-refractivity contribution < 1.29 is 13.2 Å². The summed E-state index contributed by atoms with van der Waals surface area (Å²) in [6.45, 7) is 1.20. The van der Waals surface area contributed by atoms with Crippen molar-refractivity contribution in [3.05, 3.63) is 33.8 Å². The van der Waals surface area contributed by atoms with Gasteiger partial charge in [0.05, 0.1) is 10.6 Å². The molecular formula is C10H9ClF3N. The average Bonchev–Trinajstić information content (AvgIpc) is 2.16. The van der Waals surface area contributed by atoms with Gasteiger partial charge >= 0.3 is 6.18 Å². The van der Waals surface area contributed by atoms with Crippen LogP contribution in [0.15, 0.2) is 12.1 Å². The monoisotopic (exact) mass is 235 g/mol. The Morgan fingerprint density at radius 3 is 2.67 bits per heavy atom. The fourth-order valence-electron chi connectivity index (χ4n) is 1.74. The van der Waals surface area contributed by atoms with Crippen LogP contribution in [0.3, 0.4) is 0 Å². The number of benzene rings is 1. The van der Waals surface area contributed by atoms with Gasteiger partial charge in [-0.15, -0.1) is 0 Å². The molecule has 1 nitrogen and oxygen atoms in total. The maximum atomic E-state index is 12.5. The topological polar surface area (TPSA) is 12.0 Å². The molecule has 1 aromatic carbocycles. The van der Waals surface area contributed by atoms with Crippen molar-refractivity contribution in [2.45, 2.75) is 19.1 Å². The van der Waals surface area contributed by atoms with Gasteiger partial charge in [-0.2, -0.15) is 13.2 Å². The van der Waals surface area contributed by atoms with Gasteiger partial charge in [0.15, 0.2) is 0 Å². The Kier molecular flexibility index (Phi) is 2.64. The SMILES string of the molecule is FC(F)(F)c1ccc2c(c1Cl)CNCC2. The summed E-state index contributed by atoms with van der Waals surface area (Å²) in [5.74, 6) is 0. The molecule has 1 aliphatic rings. The van der Waals surface area contributed by atoms with Crippen molar-refractivity contribution in [2.24, 2.45) is 0 Å². The summed E-state index contributed by atoms with van der Waals surface area (Å²) >= 11 is 5.75. The zero-order chi connectivity index (χ0) is 11.1. The molecule has 2 rings (SSSR count). The van der Waals surface area contributed by atoms with Crippen LogP contribution in [-0.4, -0.2) is 6.54 Å². The molecule has 5 heteroatoms. The van der Waals surface area contributed by atoms with Gasteiger partial charge in [0.25, 0.3) is 0 Å². The van der Waals surface area contributed by atoms with Crippen LogP contribution in [0.5, 0.6) is 0 Å². The predicted octanol–water partition coefficient (Wildman–Crippen LogP) is 3.00. The highest BCUT2D eigenvalue weighted by Crippen LogP contribution is 2.38. The lowest BCUT2D eigenvalue weighted by Crippen LogP contribution is -2.24. The standard InChI is InChI=1S/C10H9ClF3N/c11-9-7-5-15-4-3-6(7)1-2-8(9)10(12,13)14/h1-2,15H,3-5H2. The third-order valence-electron chi connectivity index (χ3n) is 2.52. The lowest BCUT2D eigenvalue weighted by atomic mass is 9.98. The summed E-state index contributed by atoms with van der Waals surface area (Å²) in [5.41, 5.74) is 0.746. The average molecular weight is 236 g/mol. The van der Waals surface area contributed by atoms with Gasteiger partial charge in [-0.05, 0) is 30.2 Å². The Morgan fingerprint density at radius 2 is 2.00 bits per heavy atom. The highest BCUT2D eigenvalue weighted by molar-refractivity contribution is 6.32. The second-order valence-corrected chi connectivity index (χ2v) is 3.87. The maximum Gasteiger partial charge on any atom is 0.417 e. The van der Waals surface area contributed by atoms with Crippen molar-refractivity contribution in [1.82, 2.24) is 5.32 Å². The third-order valence-corrected chi connectivity index (χ3v) is 2.95. The van der Waals surface area contributed by atoms with Crippen LogP contribution in [0.1, 0.15) is 16.7 Å². The minimum absolute atomic E-state index is 0.160. The fraction of sp³-hybridized carbons (Fsp3) is 0.400. The normalized spacial score (nSPS) is 16.3. The molecule has 1 aliphatic heterocycles. The van der Waals surface area contributed by atoms with E-state index in [-0.39, 0.29) is 5.02 Å². The van der Waals surface area contributed by atoms with Crippen LogP contribution >= 0.6 is 11.6 Å². The summed E-state index contributed by atoms with van der Waals surface area (Å²) in [7, 11) is 0. The van der Waals surface area contributed by atoms with E-state index < -0.39 is 11.7 Å². The first kappa shape index (κ1) is 10.8. The zero-order valence-corrected chi connectivity index (χ0v) is 8.54. The molecule has 0 bridgehead atoms. The molecule has 15 heavy (non-hydrogen) atoms. The molecule has 0 saturated carbocycles. The highest BCUT2D eigenvalue weighted by atomic mass is 35.5. The largest absolute Gasteiger partial charge is 0.417 e. The van der Waals surface area contributed by atoms with Gasteiger partial charge in [-0.1, -0.05) is 17.7 Å². The van der Waals surface area contributed by atoms with Crippen LogP contribution in [0.2, 0.25) is 5.02 Å². The van der Waals surface area contributed by atoms with Crippen molar-refractivity contribution in [1.29, 1.82) is 0 Å². The molecule has 0 amide bonds. The second kappa shape index (κ2) is 3.68. The maximum absolute atomic E-state index is 12.5. The number of rotatable bonds is 0. The molecule has 0 aromatic heterocycles. The Morgan fingerprint density at radius 1 is 1.27 bits per heavy atom. The number of hydrogen-bond donors (Lipinski definition) is 1. The molecule has 1 aromatic rings. The minimum Gasteiger partial charge on any atom is -0.312 e. The van der Waals surface area contributed by atoms with Crippen LogP contribution < -0.4 is 5.32 Å². The zero-order valence-electron chi connectivity index (χ0n) is 7.79. The van der Waals surface area contributed by atoms with E-state index in [1.807, 2.05) is 0 Å². The summed E-state index contributed by atoms with van der Waals surface area (Å²) in [5, 5.41) is 2.85. The van der Waals surface area contributed by atoms with E-state index in [9.17, 15) is 13.2 Å². The number of nitrogens with one attached hydrogen (secondary N) is 1. The molecule has 0 spiro atoms. The first-order valence-electron chi connectivity index (χ1n) is 4.58. The van der Waals surface area contributed by atoms with E-state index in [0.29, 0.717) is 12.1 Å². The third kappa shape index (κ3) is 1.96. The van der Waals surface area contributed by atoms with Crippen molar-refractivity contribution in [3.8, 4) is 0 Å². The number of fused-ring (bicyclic) bond motifs is 1. The molecule has 0 aliphatic carbocycles. The summed E-state index contributed by atoms with van der Waals surface area (Å²) in [6, 6.07) is 2.58. The summed E-state index contributed by atoms with van der Waals surface area (Å²) in [6.07, 6.45) is -3.64. The summed E-state index contributed by atoms with van der Waals surface area (Å²) in [4.78, 5) is 0. The fourth-order valence-corrected chi connectivity index (χ4v) is 2.10. The molecule has 0 saturated heterocycles. The number of hydrogen-bond acceptors (Lipinski definition) is 1. The Labute approximate surface area is 90.2 Å². The van der Waals surface area contributed by atoms with Gasteiger partial charge in [-0.3, -0.25) is 0 Å². The first-order valence-corrected chi connectivity index (χ1v) is 4.96. The van der Waals surface area contributed by atoms with Crippen LogP contribution in [0, 0.1) is 0 Å². The molecular weight excluding hydrogens is 227 g/mol. The first-order chi connectivity index (χ1) is 7.00. The quantitative estimate of drug-likeness (QED) is 0.729. The molecule has 0 unspecified atom stereocenters. The van der Waals surface area contributed by atoms with E-state index in [1.165, 1.54) is 6.07 Å². The van der Waals surface area contributed by atoms with E-state index in [0.717, 1.165) is 24.6 Å². The molecule has 1 N–H and O–H groups in total. The van der Waals surface area contributed by atoms with Crippen molar-refractivity contribution >= 4 is 11.6 Å². The predicted molar refractivity (Wildman–Crippen MR) is 51.9 cm³/mol. The molecule has 1 heterocycles. The molecule has 0 radical (unpaired) electrons. The van der Waals surface area contributed by atoms with Crippen molar-refractivity contribution in [2.75, 3.05) is 6.54 Å². The lowest BCUT2D eigenvalue weighted by Gasteiger charge is -2.20. The van der Waals surface area contributed by atoms with Crippen LogP contribution in [0.25, 0.3) is 0 Å². The molecule has 82 valence electrons. The number of alkyl halides is 3. The molecule has 0 fully saturated rings. The summed E-state index contributed by atoms with van der Waals surface area (Å²) < 4.78 is 37.5. The highest BCUT2D eigenvalue weighted by Gasteiger charge is 2.34. The smallest absolute Gasteiger partial charge is 0.312 e. The van der Waals surface area contributed by atoms with Gasteiger partial charge in [0.1, 0.15) is 0 Å². The molecule has 0 atom stereocenters. The van der Waals surface area contributed by atoms with Gasteiger partial charge in [-0.25, -0.2) is 0 Å². The van der Waals surface area contributed by atoms with Gasteiger partial charge in [0.2, 0.25) is 0 Å². The lowest BCUT2D eigenvalue weighted by molar-refractivity contribution is -0.137. The minimum atomic E-state index is -4.37. The Hall–Kier alpha value is -0.740.